The Morgan fingerprint density at radius 3 is 2.38 bits per heavy atom. The largest absolute Gasteiger partial charge is 0.744 e. The van der Waals surface area contributed by atoms with E-state index >= 15 is 0 Å². The van der Waals surface area contributed by atoms with Crippen LogP contribution in [0.3, 0.4) is 0 Å². The highest BCUT2D eigenvalue weighted by Crippen LogP contribution is 2.34. The van der Waals surface area contributed by atoms with Crippen molar-refractivity contribution in [1.82, 2.24) is 0 Å². The zero-order valence-electron chi connectivity index (χ0n) is 8.43. The van der Waals surface area contributed by atoms with Crippen molar-refractivity contribution in [3.8, 4) is 0 Å². The van der Waals surface area contributed by atoms with E-state index in [0.717, 1.165) is 29.4 Å². The van der Waals surface area contributed by atoms with E-state index in [1.54, 1.807) is 18.2 Å². The Bertz CT molecular complexity index is 676. The Morgan fingerprint density at radius 1 is 1.00 bits per heavy atom. The second-order valence-corrected chi connectivity index (χ2v) is 5.36. The van der Waals surface area contributed by atoms with Crippen molar-refractivity contribution in [3.63, 3.8) is 0 Å². The summed E-state index contributed by atoms with van der Waals surface area (Å²) >= 11 is 0. The van der Waals surface area contributed by atoms with Crippen LogP contribution in [0.15, 0.2) is 35.2 Å². The number of hydrogen-bond acceptors (Lipinski definition) is 3. The molecule has 0 spiro atoms. The van der Waals surface area contributed by atoms with E-state index in [0.29, 0.717) is 5.39 Å². The van der Waals surface area contributed by atoms with Gasteiger partial charge in [-0.2, -0.15) is 0 Å². The Hall–Kier alpha value is -1.39. The smallest absolute Gasteiger partial charge is 0.125 e. The van der Waals surface area contributed by atoms with Crippen LogP contribution >= 0.6 is 0 Å². The van der Waals surface area contributed by atoms with Gasteiger partial charge in [0.25, 0.3) is 0 Å². The molecule has 82 valence electrons. The van der Waals surface area contributed by atoms with Gasteiger partial charge >= 0.3 is 0 Å². The summed E-state index contributed by atoms with van der Waals surface area (Å²) in [6, 6.07) is 8.68. The van der Waals surface area contributed by atoms with Gasteiger partial charge in [0, 0.05) is 0 Å². The molecule has 0 saturated carbocycles. The average molecular weight is 233 g/mol. The first-order valence-corrected chi connectivity index (χ1v) is 6.47. The maximum Gasteiger partial charge on any atom is 0.125 e. The van der Waals surface area contributed by atoms with Crippen LogP contribution in [0.2, 0.25) is 0 Å². The standard InChI is InChI=1S/C12H10O3S/c13-16(14,15)11-7-6-9-5-4-8-2-1-3-10(11)12(8)9/h1-3,6-7H,4-5H2,(H,13,14,15)/p-1. The molecule has 0 heterocycles. The van der Waals surface area contributed by atoms with Gasteiger partial charge in [-0.3, -0.25) is 0 Å². The summed E-state index contributed by atoms with van der Waals surface area (Å²) in [5, 5.41) is 1.53. The first-order chi connectivity index (χ1) is 7.57. The Morgan fingerprint density at radius 2 is 1.69 bits per heavy atom. The highest BCUT2D eigenvalue weighted by molar-refractivity contribution is 7.86. The van der Waals surface area contributed by atoms with Gasteiger partial charge in [-0.1, -0.05) is 24.3 Å². The van der Waals surface area contributed by atoms with Crippen LogP contribution in [0, 0.1) is 0 Å². The molecule has 0 unspecified atom stereocenters. The number of aryl methyl sites for hydroxylation is 2. The molecule has 0 radical (unpaired) electrons. The molecule has 2 aromatic rings. The van der Waals surface area contributed by atoms with Gasteiger partial charge in [-0.15, -0.1) is 0 Å². The quantitative estimate of drug-likeness (QED) is 0.706. The molecule has 0 bridgehead atoms. The minimum atomic E-state index is -4.39. The maximum absolute atomic E-state index is 11.1. The fraction of sp³-hybridized carbons (Fsp3) is 0.167. The highest BCUT2D eigenvalue weighted by atomic mass is 32.2. The molecule has 4 heteroatoms. The molecule has 0 aromatic heterocycles. The van der Waals surface area contributed by atoms with Gasteiger partial charge < -0.3 is 4.55 Å². The molecule has 3 rings (SSSR count). The molecule has 0 aliphatic heterocycles. The maximum atomic E-state index is 11.1. The van der Waals surface area contributed by atoms with Crippen molar-refractivity contribution in [3.05, 3.63) is 41.5 Å². The first kappa shape index (κ1) is 9.81. The summed E-state index contributed by atoms with van der Waals surface area (Å²) < 4.78 is 33.4. The number of hydrogen-bond donors (Lipinski definition) is 0. The summed E-state index contributed by atoms with van der Waals surface area (Å²) in [4.78, 5) is -0.102. The minimum Gasteiger partial charge on any atom is -0.744 e. The monoisotopic (exact) mass is 233 g/mol. The van der Waals surface area contributed by atoms with E-state index in [4.69, 9.17) is 0 Å². The number of benzene rings is 2. The van der Waals surface area contributed by atoms with Crippen LogP contribution in [-0.4, -0.2) is 13.0 Å². The van der Waals surface area contributed by atoms with Gasteiger partial charge in [-0.25, -0.2) is 8.42 Å². The SMILES string of the molecule is O=S(=O)([O-])c1ccc2c3c(cccc13)CC2. The second kappa shape index (κ2) is 3.06. The molecule has 16 heavy (non-hydrogen) atoms. The lowest BCUT2D eigenvalue weighted by molar-refractivity contribution is 0.464. The molecule has 1 aliphatic rings. The van der Waals surface area contributed by atoms with Gasteiger partial charge in [-0.05, 0) is 40.8 Å². The summed E-state index contributed by atoms with van der Waals surface area (Å²) in [7, 11) is -4.39. The topological polar surface area (TPSA) is 57.2 Å². The van der Waals surface area contributed by atoms with Crippen molar-refractivity contribution in [1.29, 1.82) is 0 Å². The third-order valence-corrected chi connectivity index (χ3v) is 4.00. The zero-order valence-corrected chi connectivity index (χ0v) is 9.25. The van der Waals surface area contributed by atoms with Gasteiger partial charge in [0.15, 0.2) is 0 Å². The lowest BCUT2D eigenvalue weighted by Gasteiger charge is -2.11. The molecule has 0 saturated heterocycles. The lowest BCUT2D eigenvalue weighted by Crippen LogP contribution is -2.00. The summed E-state index contributed by atoms with van der Waals surface area (Å²) in [5.74, 6) is 0. The van der Waals surface area contributed by atoms with Crippen LogP contribution in [0.25, 0.3) is 10.8 Å². The fourth-order valence-electron chi connectivity index (χ4n) is 2.44. The molecular weight excluding hydrogens is 224 g/mol. The summed E-state index contributed by atoms with van der Waals surface area (Å²) in [6.45, 7) is 0. The van der Waals surface area contributed by atoms with E-state index in [-0.39, 0.29) is 4.90 Å². The van der Waals surface area contributed by atoms with E-state index in [1.807, 2.05) is 6.07 Å². The van der Waals surface area contributed by atoms with E-state index in [2.05, 4.69) is 0 Å². The van der Waals surface area contributed by atoms with Crippen molar-refractivity contribution >= 4 is 20.9 Å². The van der Waals surface area contributed by atoms with Crippen molar-refractivity contribution in [2.24, 2.45) is 0 Å². The molecule has 0 N–H and O–H groups in total. The fourth-order valence-corrected chi connectivity index (χ4v) is 3.11. The van der Waals surface area contributed by atoms with E-state index < -0.39 is 10.1 Å². The van der Waals surface area contributed by atoms with Gasteiger partial charge in [0.2, 0.25) is 0 Å². The first-order valence-electron chi connectivity index (χ1n) is 5.07. The van der Waals surface area contributed by atoms with Gasteiger partial charge in [0.05, 0.1) is 4.90 Å². The Balaban J connectivity index is 2.52. The van der Waals surface area contributed by atoms with Crippen LogP contribution < -0.4 is 0 Å². The number of rotatable bonds is 1. The Labute approximate surface area is 93.5 Å². The van der Waals surface area contributed by atoms with Gasteiger partial charge in [0.1, 0.15) is 10.1 Å². The molecule has 0 atom stereocenters. The zero-order chi connectivity index (χ0) is 11.3. The van der Waals surface area contributed by atoms with E-state index in [9.17, 15) is 13.0 Å². The third-order valence-electron chi connectivity index (χ3n) is 3.11. The van der Waals surface area contributed by atoms with E-state index in [1.165, 1.54) is 6.07 Å². The van der Waals surface area contributed by atoms with Crippen molar-refractivity contribution in [2.75, 3.05) is 0 Å². The Kier molecular flexibility index (Phi) is 1.87. The van der Waals surface area contributed by atoms with Crippen LogP contribution in [-0.2, 0) is 23.0 Å². The predicted molar refractivity (Wildman–Crippen MR) is 59.3 cm³/mol. The average Bonchev–Trinajstić information content (AvgIpc) is 2.63. The second-order valence-electron chi connectivity index (χ2n) is 4.02. The van der Waals surface area contributed by atoms with Crippen LogP contribution in [0.4, 0.5) is 0 Å². The van der Waals surface area contributed by atoms with Crippen molar-refractivity contribution < 1.29 is 13.0 Å². The molecule has 2 aromatic carbocycles. The third kappa shape index (κ3) is 1.27. The predicted octanol–water partition coefficient (Wildman–Crippen LogP) is 1.84. The molecule has 0 fully saturated rings. The molecule has 0 amide bonds. The minimum absolute atomic E-state index is 0.102. The molecule has 1 aliphatic carbocycles. The van der Waals surface area contributed by atoms with Crippen LogP contribution in [0.1, 0.15) is 11.1 Å². The highest BCUT2D eigenvalue weighted by Gasteiger charge is 2.17. The molecular formula is C12H9O3S-. The summed E-state index contributed by atoms with van der Waals surface area (Å²) in [6.07, 6.45) is 1.85. The summed E-state index contributed by atoms with van der Waals surface area (Å²) in [5.41, 5.74) is 2.27. The van der Waals surface area contributed by atoms with Crippen LogP contribution in [0.5, 0.6) is 0 Å². The lowest BCUT2D eigenvalue weighted by atomic mass is 10.1. The normalized spacial score (nSPS) is 14.6. The van der Waals surface area contributed by atoms with Crippen molar-refractivity contribution in [2.45, 2.75) is 17.7 Å². The molecule has 3 nitrogen and oxygen atoms in total.